The van der Waals surface area contributed by atoms with Crippen LogP contribution in [0.25, 0.3) is 0 Å². The Morgan fingerprint density at radius 1 is 0.953 bits per heavy atom. The van der Waals surface area contributed by atoms with Crippen LogP contribution in [-0.4, -0.2) is 46.7 Å². The predicted octanol–water partition coefficient (Wildman–Crippen LogP) is 6.55. The van der Waals surface area contributed by atoms with E-state index in [1.165, 1.54) is 0 Å². The van der Waals surface area contributed by atoms with Gasteiger partial charge in [-0.25, -0.2) is 8.42 Å². The number of benzene rings is 3. The Balaban J connectivity index is 1.84. The van der Waals surface area contributed by atoms with E-state index >= 15 is 0 Å². The van der Waals surface area contributed by atoms with Crippen LogP contribution in [-0.2, 0) is 38.7 Å². The molecule has 0 spiro atoms. The number of nitrogens with one attached hydrogen (secondary N) is 2. The molecule has 3 aromatic carbocycles. The maximum absolute atomic E-state index is 12.3. The largest absolute Gasteiger partial charge is 0.487 e. The Hall–Kier alpha value is -3.18. The molecule has 0 saturated carbocycles. The fourth-order valence-electron chi connectivity index (χ4n) is 4.35. The summed E-state index contributed by atoms with van der Waals surface area (Å²) in [4.78, 5) is 11.0. The number of aliphatic carboxylic acids is 1. The van der Waals surface area contributed by atoms with Crippen molar-refractivity contribution in [3.05, 3.63) is 95.1 Å². The van der Waals surface area contributed by atoms with Crippen LogP contribution in [0.15, 0.2) is 72.8 Å². The molecular formula is C33H46N2O6SSi. The summed E-state index contributed by atoms with van der Waals surface area (Å²) in [7, 11) is -5.78. The first kappa shape index (κ1) is 34.3. The van der Waals surface area contributed by atoms with Crippen LogP contribution in [0.4, 0.5) is 5.69 Å². The number of hydrogen-bond acceptors (Lipinski definition) is 6. The lowest BCUT2D eigenvalue weighted by atomic mass is 10.0. The Kier molecular flexibility index (Phi) is 11.6. The van der Waals surface area contributed by atoms with E-state index in [4.69, 9.17) is 14.3 Å². The fourth-order valence-corrected chi connectivity index (χ4v) is 6.19. The molecular weight excluding hydrogens is 581 g/mol. The summed E-state index contributed by atoms with van der Waals surface area (Å²) in [6, 6.07) is 23.0. The van der Waals surface area contributed by atoms with Gasteiger partial charge in [0, 0.05) is 12.6 Å². The van der Waals surface area contributed by atoms with Crippen molar-refractivity contribution in [2.45, 2.75) is 77.4 Å². The summed E-state index contributed by atoms with van der Waals surface area (Å²) >= 11 is 0. The quantitative estimate of drug-likeness (QED) is 0.164. The Morgan fingerprint density at radius 3 is 2.16 bits per heavy atom. The van der Waals surface area contributed by atoms with E-state index in [1.54, 1.807) is 6.07 Å². The van der Waals surface area contributed by atoms with Crippen LogP contribution in [0.2, 0.25) is 18.1 Å². The Labute approximate surface area is 258 Å². The van der Waals surface area contributed by atoms with Gasteiger partial charge in [-0.3, -0.25) is 9.52 Å². The van der Waals surface area contributed by atoms with Crippen LogP contribution in [0, 0.1) is 0 Å². The minimum absolute atomic E-state index is 0.00676. The van der Waals surface area contributed by atoms with Crippen molar-refractivity contribution in [3.63, 3.8) is 0 Å². The van der Waals surface area contributed by atoms with Crippen LogP contribution >= 0.6 is 0 Å². The summed E-state index contributed by atoms with van der Waals surface area (Å²) in [5.74, 6) is -0.405. The van der Waals surface area contributed by atoms with E-state index in [0.717, 1.165) is 34.9 Å². The Morgan fingerprint density at radius 2 is 1.58 bits per heavy atom. The van der Waals surface area contributed by atoms with Gasteiger partial charge in [0.1, 0.15) is 12.4 Å². The van der Waals surface area contributed by atoms with Crippen molar-refractivity contribution < 1.29 is 27.5 Å². The molecule has 0 aliphatic heterocycles. The summed E-state index contributed by atoms with van der Waals surface area (Å²) < 4.78 is 40.2. The number of hydrogen-bond donors (Lipinski definition) is 3. The smallest absolute Gasteiger partial charge is 0.307 e. The highest BCUT2D eigenvalue weighted by molar-refractivity contribution is 7.92. The van der Waals surface area contributed by atoms with Gasteiger partial charge in [0.15, 0.2) is 8.32 Å². The minimum Gasteiger partial charge on any atom is -0.487 e. The van der Waals surface area contributed by atoms with E-state index in [-0.39, 0.29) is 23.6 Å². The highest BCUT2D eigenvalue weighted by Crippen LogP contribution is 2.40. The van der Waals surface area contributed by atoms with Gasteiger partial charge in [-0.1, -0.05) is 81.4 Å². The zero-order chi connectivity index (χ0) is 31.8. The van der Waals surface area contributed by atoms with Gasteiger partial charge in [0.05, 0.1) is 24.5 Å². The molecule has 8 nitrogen and oxygen atoms in total. The molecule has 43 heavy (non-hydrogen) atoms. The summed E-state index contributed by atoms with van der Waals surface area (Å²) in [5, 5.41) is 12.6. The molecule has 0 heterocycles. The monoisotopic (exact) mass is 626 g/mol. The molecule has 0 aliphatic carbocycles. The third kappa shape index (κ3) is 11.1. The Bertz CT molecular complexity index is 1450. The number of carbonyl (C=O) groups is 1. The van der Waals surface area contributed by atoms with Crippen molar-refractivity contribution in [1.29, 1.82) is 0 Å². The number of carboxylic acid groups (broad SMARTS) is 1. The van der Waals surface area contributed by atoms with Gasteiger partial charge in [-0.15, -0.1) is 0 Å². The van der Waals surface area contributed by atoms with Gasteiger partial charge in [-0.2, -0.15) is 0 Å². The summed E-state index contributed by atoms with van der Waals surface area (Å²) in [6.07, 6.45) is 1.56. The topological polar surface area (TPSA) is 114 Å². The molecule has 0 aliphatic rings. The van der Waals surface area contributed by atoms with Crippen LogP contribution < -0.4 is 14.8 Å². The van der Waals surface area contributed by atoms with E-state index in [0.29, 0.717) is 24.6 Å². The second kappa shape index (κ2) is 14.5. The van der Waals surface area contributed by atoms with Crippen molar-refractivity contribution in [2.24, 2.45) is 0 Å². The number of ether oxygens (including phenoxy) is 1. The zero-order valence-corrected chi connectivity index (χ0v) is 28.1. The number of anilines is 1. The van der Waals surface area contributed by atoms with Crippen molar-refractivity contribution in [3.8, 4) is 5.75 Å². The molecule has 0 fully saturated rings. The van der Waals surface area contributed by atoms with E-state index in [1.807, 2.05) is 66.7 Å². The minimum atomic E-state index is -3.56. The molecule has 0 aromatic heterocycles. The first-order chi connectivity index (χ1) is 20.0. The molecule has 0 amide bonds. The van der Waals surface area contributed by atoms with Crippen molar-refractivity contribution >= 4 is 30.0 Å². The lowest BCUT2D eigenvalue weighted by Gasteiger charge is -2.40. The number of carboxylic acids is 1. The van der Waals surface area contributed by atoms with Gasteiger partial charge >= 0.3 is 5.97 Å². The van der Waals surface area contributed by atoms with Gasteiger partial charge in [-0.05, 0) is 65.9 Å². The van der Waals surface area contributed by atoms with E-state index in [2.05, 4.69) is 50.8 Å². The average Bonchev–Trinajstić information content (AvgIpc) is 2.90. The molecule has 0 unspecified atom stereocenters. The van der Waals surface area contributed by atoms with E-state index in [9.17, 15) is 13.2 Å². The van der Waals surface area contributed by atoms with Crippen LogP contribution in [0.1, 0.15) is 56.1 Å². The SMILES string of the molecule is C[C@H](Cc1ccc(CC(=O)O)cc1)NC[C@H](O[Si](C)(C)C(C)(C)C)c1ccc(OCc2ccccc2)c(NS(C)(=O)=O)c1. The molecule has 0 saturated heterocycles. The molecule has 234 valence electrons. The average molecular weight is 627 g/mol. The molecule has 3 aromatic rings. The highest BCUT2D eigenvalue weighted by atomic mass is 32.2. The normalized spacial score (nSPS) is 13.7. The molecule has 0 radical (unpaired) electrons. The highest BCUT2D eigenvalue weighted by Gasteiger charge is 2.39. The fraction of sp³-hybridized carbons (Fsp3) is 0.424. The van der Waals surface area contributed by atoms with Crippen LogP contribution in [0.3, 0.4) is 0 Å². The lowest BCUT2D eigenvalue weighted by Crippen LogP contribution is -2.44. The van der Waals surface area contributed by atoms with Gasteiger partial charge in [0.25, 0.3) is 0 Å². The second-order valence-electron chi connectivity index (χ2n) is 12.7. The molecule has 3 N–H and O–H groups in total. The predicted molar refractivity (Wildman–Crippen MR) is 176 cm³/mol. The zero-order valence-electron chi connectivity index (χ0n) is 26.3. The van der Waals surface area contributed by atoms with Gasteiger partial charge in [0.2, 0.25) is 10.0 Å². The number of rotatable bonds is 15. The third-order valence-electron chi connectivity index (χ3n) is 7.72. The first-order valence-electron chi connectivity index (χ1n) is 14.5. The molecule has 10 heteroatoms. The maximum atomic E-state index is 12.3. The van der Waals surface area contributed by atoms with Crippen molar-refractivity contribution in [2.75, 3.05) is 17.5 Å². The van der Waals surface area contributed by atoms with E-state index < -0.39 is 24.3 Å². The second-order valence-corrected chi connectivity index (χ2v) is 19.2. The first-order valence-corrected chi connectivity index (χ1v) is 19.3. The van der Waals surface area contributed by atoms with Gasteiger partial charge < -0.3 is 19.6 Å². The maximum Gasteiger partial charge on any atom is 0.307 e. The third-order valence-corrected chi connectivity index (χ3v) is 12.8. The summed E-state index contributed by atoms with van der Waals surface area (Å²) in [5.41, 5.74) is 4.07. The summed E-state index contributed by atoms with van der Waals surface area (Å²) in [6.45, 7) is 13.9. The standard InChI is InChI=1S/C33H46N2O6SSi/c1-24(19-25-13-15-26(16-14-25)20-32(36)37)34-22-31(41-43(6,7)33(2,3)4)28-17-18-30(29(21-28)35-42(5,38)39)40-23-27-11-9-8-10-12-27/h8-18,21,24,31,34-35H,19-20,22-23H2,1-7H3,(H,36,37)/t24-,31+/m1/s1. The molecule has 0 bridgehead atoms. The lowest BCUT2D eigenvalue weighted by molar-refractivity contribution is -0.136. The van der Waals surface area contributed by atoms with Crippen LogP contribution in [0.5, 0.6) is 5.75 Å². The molecule has 2 atom stereocenters. The molecule has 3 rings (SSSR count). The van der Waals surface area contributed by atoms with Crippen molar-refractivity contribution in [1.82, 2.24) is 5.32 Å². The number of sulfonamides is 1.